The van der Waals surface area contributed by atoms with Gasteiger partial charge in [-0.1, -0.05) is 61.6 Å². The van der Waals surface area contributed by atoms with E-state index in [1.165, 1.54) is 16.9 Å². The van der Waals surface area contributed by atoms with Crippen LogP contribution in [-0.4, -0.2) is 23.7 Å². The SMILES string of the molecule is CC(C)c1ccc(/C=N\NC(=O)CNc2nc3ccccc3s2)cc1. The highest BCUT2D eigenvalue weighted by atomic mass is 32.1. The highest BCUT2D eigenvalue weighted by Gasteiger charge is 2.05. The van der Waals surface area contributed by atoms with Crippen molar-refractivity contribution in [1.82, 2.24) is 10.4 Å². The fourth-order valence-corrected chi connectivity index (χ4v) is 3.15. The fraction of sp³-hybridized carbons (Fsp3) is 0.211. The van der Waals surface area contributed by atoms with E-state index in [0.717, 1.165) is 20.9 Å². The van der Waals surface area contributed by atoms with Crippen molar-refractivity contribution in [3.05, 3.63) is 59.7 Å². The highest BCUT2D eigenvalue weighted by Crippen LogP contribution is 2.24. The maximum Gasteiger partial charge on any atom is 0.259 e. The van der Waals surface area contributed by atoms with Gasteiger partial charge in [0, 0.05) is 0 Å². The van der Waals surface area contributed by atoms with Crippen molar-refractivity contribution in [1.29, 1.82) is 0 Å². The summed E-state index contributed by atoms with van der Waals surface area (Å²) in [5, 5.41) is 7.74. The van der Waals surface area contributed by atoms with Crippen LogP contribution >= 0.6 is 11.3 Å². The minimum absolute atomic E-state index is 0.128. The minimum Gasteiger partial charge on any atom is -0.352 e. The third-order valence-corrected chi connectivity index (χ3v) is 4.69. The lowest BCUT2D eigenvalue weighted by atomic mass is 10.0. The van der Waals surface area contributed by atoms with Gasteiger partial charge in [0.05, 0.1) is 23.0 Å². The van der Waals surface area contributed by atoms with Gasteiger partial charge in [-0.25, -0.2) is 10.4 Å². The van der Waals surface area contributed by atoms with Crippen LogP contribution in [0.15, 0.2) is 53.6 Å². The molecule has 1 aromatic heterocycles. The van der Waals surface area contributed by atoms with Crippen LogP contribution in [0.1, 0.15) is 30.9 Å². The molecule has 0 fully saturated rings. The lowest BCUT2D eigenvalue weighted by Crippen LogP contribution is -2.25. The first kappa shape index (κ1) is 17.1. The zero-order valence-corrected chi connectivity index (χ0v) is 15.0. The molecular formula is C19H20N4OS. The number of carbonyl (C=O) groups excluding carboxylic acids is 1. The lowest BCUT2D eigenvalue weighted by molar-refractivity contribution is -0.119. The molecule has 2 aromatic carbocycles. The molecule has 3 rings (SSSR count). The van der Waals surface area contributed by atoms with Gasteiger partial charge in [0.15, 0.2) is 5.13 Å². The summed E-state index contributed by atoms with van der Waals surface area (Å²) in [6.07, 6.45) is 1.64. The molecule has 1 amide bonds. The normalized spacial score (nSPS) is 11.3. The standard InChI is InChI=1S/C19H20N4OS/c1-13(2)15-9-7-14(8-10-15)11-21-23-18(24)12-20-19-22-16-5-3-4-6-17(16)25-19/h3-11,13H,12H2,1-2H3,(H,20,22)(H,23,24)/b21-11-. The summed E-state index contributed by atoms with van der Waals surface area (Å²) in [5.41, 5.74) is 5.67. The molecule has 0 aliphatic carbocycles. The highest BCUT2D eigenvalue weighted by molar-refractivity contribution is 7.22. The quantitative estimate of drug-likeness (QED) is 0.521. The van der Waals surface area contributed by atoms with Crippen LogP contribution < -0.4 is 10.7 Å². The summed E-state index contributed by atoms with van der Waals surface area (Å²) in [4.78, 5) is 16.3. The maximum atomic E-state index is 11.9. The summed E-state index contributed by atoms with van der Waals surface area (Å²) >= 11 is 1.52. The Balaban J connectivity index is 1.48. The maximum absolute atomic E-state index is 11.9. The van der Waals surface area contributed by atoms with Crippen LogP contribution in [0.3, 0.4) is 0 Å². The van der Waals surface area contributed by atoms with Crippen molar-refractivity contribution in [3.8, 4) is 0 Å². The van der Waals surface area contributed by atoms with E-state index in [0.29, 0.717) is 5.92 Å². The molecule has 5 nitrogen and oxygen atoms in total. The average Bonchev–Trinajstić information content (AvgIpc) is 3.03. The predicted molar refractivity (Wildman–Crippen MR) is 104 cm³/mol. The Kier molecular flexibility index (Phi) is 5.40. The Morgan fingerprint density at radius 3 is 2.68 bits per heavy atom. The molecule has 0 saturated heterocycles. The number of hydrogen-bond donors (Lipinski definition) is 2. The molecule has 0 unspecified atom stereocenters. The second kappa shape index (κ2) is 7.90. The molecule has 2 N–H and O–H groups in total. The largest absolute Gasteiger partial charge is 0.352 e. The molecule has 25 heavy (non-hydrogen) atoms. The van der Waals surface area contributed by atoms with Crippen LogP contribution in [0.25, 0.3) is 10.2 Å². The van der Waals surface area contributed by atoms with E-state index in [2.05, 4.69) is 46.8 Å². The Morgan fingerprint density at radius 2 is 1.96 bits per heavy atom. The Hall–Kier alpha value is -2.73. The number of amides is 1. The number of para-hydroxylation sites is 1. The summed E-state index contributed by atoms with van der Waals surface area (Å²) in [6.45, 7) is 4.44. The monoisotopic (exact) mass is 352 g/mol. The number of hydrazone groups is 1. The zero-order valence-electron chi connectivity index (χ0n) is 14.2. The van der Waals surface area contributed by atoms with Crippen LogP contribution in [-0.2, 0) is 4.79 Å². The van der Waals surface area contributed by atoms with Gasteiger partial charge in [0.2, 0.25) is 0 Å². The summed E-state index contributed by atoms with van der Waals surface area (Å²) in [7, 11) is 0. The molecule has 0 aliphatic heterocycles. The fourth-order valence-electron chi connectivity index (χ4n) is 2.29. The molecule has 128 valence electrons. The summed E-state index contributed by atoms with van der Waals surface area (Å²) in [5.74, 6) is 0.286. The minimum atomic E-state index is -0.214. The first-order chi connectivity index (χ1) is 12.1. The molecule has 6 heteroatoms. The predicted octanol–water partition coefficient (Wildman–Crippen LogP) is 3.98. The van der Waals surface area contributed by atoms with Gasteiger partial charge in [0.1, 0.15) is 0 Å². The number of fused-ring (bicyclic) bond motifs is 1. The molecule has 0 saturated carbocycles. The van der Waals surface area contributed by atoms with Crippen LogP contribution in [0, 0.1) is 0 Å². The molecule has 3 aromatic rings. The van der Waals surface area contributed by atoms with Gasteiger partial charge < -0.3 is 5.32 Å². The van der Waals surface area contributed by atoms with E-state index < -0.39 is 0 Å². The van der Waals surface area contributed by atoms with Crippen molar-refractivity contribution in [3.63, 3.8) is 0 Å². The summed E-state index contributed by atoms with van der Waals surface area (Å²) < 4.78 is 1.09. The van der Waals surface area contributed by atoms with Crippen LogP contribution in [0.5, 0.6) is 0 Å². The summed E-state index contributed by atoms with van der Waals surface area (Å²) in [6, 6.07) is 16.0. The topological polar surface area (TPSA) is 66.4 Å². The number of benzene rings is 2. The van der Waals surface area contributed by atoms with Crippen molar-refractivity contribution in [2.75, 3.05) is 11.9 Å². The number of thiazole rings is 1. The number of rotatable bonds is 6. The first-order valence-electron chi connectivity index (χ1n) is 8.13. The Bertz CT molecular complexity index is 851. The molecule has 1 heterocycles. The number of nitrogens with one attached hydrogen (secondary N) is 2. The number of aromatic nitrogens is 1. The van der Waals surface area contributed by atoms with E-state index in [1.807, 2.05) is 36.4 Å². The molecular weight excluding hydrogens is 332 g/mol. The van der Waals surface area contributed by atoms with Crippen molar-refractivity contribution >= 4 is 38.8 Å². The number of nitrogens with zero attached hydrogens (tertiary/aromatic N) is 2. The van der Waals surface area contributed by atoms with Gasteiger partial charge in [0.25, 0.3) is 5.91 Å². The van der Waals surface area contributed by atoms with E-state index in [4.69, 9.17) is 0 Å². The van der Waals surface area contributed by atoms with Crippen LogP contribution in [0.4, 0.5) is 5.13 Å². The first-order valence-corrected chi connectivity index (χ1v) is 8.95. The van der Waals surface area contributed by atoms with Crippen molar-refractivity contribution in [2.45, 2.75) is 19.8 Å². The third kappa shape index (κ3) is 4.64. The van der Waals surface area contributed by atoms with E-state index >= 15 is 0 Å². The van der Waals surface area contributed by atoms with Crippen molar-refractivity contribution in [2.24, 2.45) is 5.10 Å². The lowest BCUT2D eigenvalue weighted by Gasteiger charge is -2.04. The van der Waals surface area contributed by atoms with Gasteiger partial charge in [-0.05, 0) is 29.2 Å². The van der Waals surface area contributed by atoms with Gasteiger partial charge in [-0.15, -0.1) is 0 Å². The van der Waals surface area contributed by atoms with Gasteiger partial charge >= 0.3 is 0 Å². The van der Waals surface area contributed by atoms with E-state index in [-0.39, 0.29) is 12.5 Å². The van der Waals surface area contributed by atoms with E-state index in [9.17, 15) is 4.79 Å². The van der Waals surface area contributed by atoms with E-state index in [1.54, 1.807) is 6.21 Å². The number of hydrogen-bond acceptors (Lipinski definition) is 5. The van der Waals surface area contributed by atoms with Crippen LogP contribution in [0.2, 0.25) is 0 Å². The number of carbonyl (C=O) groups is 1. The van der Waals surface area contributed by atoms with Gasteiger partial charge in [-0.3, -0.25) is 4.79 Å². The molecule has 0 bridgehead atoms. The smallest absolute Gasteiger partial charge is 0.259 e. The zero-order chi connectivity index (χ0) is 17.6. The second-order valence-electron chi connectivity index (χ2n) is 5.95. The Labute approximate surface area is 150 Å². The third-order valence-electron chi connectivity index (χ3n) is 3.70. The second-order valence-corrected chi connectivity index (χ2v) is 6.99. The average molecular weight is 352 g/mol. The molecule has 0 spiro atoms. The molecule has 0 atom stereocenters. The van der Waals surface area contributed by atoms with Gasteiger partial charge in [-0.2, -0.15) is 5.10 Å². The molecule has 0 aliphatic rings. The van der Waals surface area contributed by atoms with Crippen molar-refractivity contribution < 1.29 is 4.79 Å². The number of anilines is 1. The Morgan fingerprint density at radius 1 is 1.20 bits per heavy atom. The molecule has 0 radical (unpaired) electrons.